The zero-order valence-electron chi connectivity index (χ0n) is 33.8. The van der Waals surface area contributed by atoms with E-state index in [2.05, 4.69) is 0 Å². The number of ether oxygens (including phenoxy) is 14. The number of esters is 4. The Hall–Kier alpha value is -4.72. The minimum Gasteiger partial charge on any atom is -0.490 e. The lowest BCUT2D eigenvalue weighted by Crippen LogP contribution is -2.18. The summed E-state index contributed by atoms with van der Waals surface area (Å²) in [5.74, 6) is -2.21. The van der Waals surface area contributed by atoms with Crippen molar-refractivity contribution in [3.63, 3.8) is 0 Å². The summed E-state index contributed by atoms with van der Waals surface area (Å²) in [6.07, 6.45) is 0. The minimum absolute atomic E-state index is 0.0505. The molecule has 18 heteroatoms. The SMILES string of the molecule is CCOC(=O)c1cc2c(C(=O)OCC)cc1OCCOCCOCCOCCOc1cc(C(=O)OCC)c(cc1C(=O)OCC)OCCOCCOCCOCCO2. The van der Waals surface area contributed by atoms with Crippen molar-refractivity contribution in [1.82, 2.24) is 0 Å². The number of hydrogen-bond donors (Lipinski definition) is 0. The molecule has 0 fully saturated rings. The van der Waals surface area contributed by atoms with Gasteiger partial charge in [0, 0.05) is 0 Å². The van der Waals surface area contributed by atoms with Crippen LogP contribution >= 0.6 is 0 Å². The molecule has 0 saturated carbocycles. The fourth-order valence-corrected chi connectivity index (χ4v) is 5.00. The average molecular weight is 825 g/mol. The second kappa shape index (κ2) is 28.6. The predicted molar refractivity (Wildman–Crippen MR) is 204 cm³/mol. The van der Waals surface area contributed by atoms with E-state index in [1.54, 1.807) is 27.7 Å². The van der Waals surface area contributed by atoms with Crippen molar-refractivity contribution in [2.45, 2.75) is 27.7 Å². The molecule has 0 spiro atoms. The van der Waals surface area contributed by atoms with Crippen molar-refractivity contribution < 1.29 is 85.5 Å². The first-order valence-corrected chi connectivity index (χ1v) is 19.4. The summed E-state index contributed by atoms with van der Waals surface area (Å²) < 4.78 is 77.9. The van der Waals surface area contributed by atoms with Crippen molar-refractivity contribution in [3.05, 3.63) is 46.5 Å². The third kappa shape index (κ3) is 17.0. The Labute approximate surface area is 338 Å². The fourth-order valence-electron chi connectivity index (χ4n) is 5.00. The third-order valence-electron chi connectivity index (χ3n) is 7.57. The van der Waals surface area contributed by atoms with E-state index in [0.29, 0.717) is 0 Å². The van der Waals surface area contributed by atoms with Gasteiger partial charge in [0.15, 0.2) is 0 Å². The number of benzene rings is 2. The van der Waals surface area contributed by atoms with Crippen molar-refractivity contribution >= 4 is 23.9 Å². The molecule has 0 aliphatic carbocycles. The molecule has 0 atom stereocenters. The van der Waals surface area contributed by atoms with Crippen LogP contribution in [0.3, 0.4) is 0 Å². The number of rotatable bonds is 8. The summed E-state index contributed by atoms with van der Waals surface area (Å²) >= 11 is 0. The first kappa shape index (κ1) is 47.7. The van der Waals surface area contributed by atoms with Crippen LogP contribution in [0.25, 0.3) is 0 Å². The maximum absolute atomic E-state index is 12.9. The Morgan fingerprint density at radius 2 is 0.517 bits per heavy atom. The van der Waals surface area contributed by atoms with E-state index in [-0.39, 0.29) is 177 Å². The van der Waals surface area contributed by atoms with Crippen LogP contribution in [-0.2, 0) is 47.4 Å². The summed E-state index contributed by atoms with van der Waals surface area (Å²) in [6, 6.07) is 5.55. The van der Waals surface area contributed by atoms with Crippen LogP contribution in [0, 0.1) is 0 Å². The highest BCUT2D eigenvalue weighted by Crippen LogP contribution is 2.32. The lowest BCUT2D eigenvalue weighted by Gasteiger charge is -2.17. The van der Waals surface area contributed by atoms with Crippen molar-refractivity contribution in [1.29, 1.82) is 0 Å². The molecule has 4 bridgehead atoms. The molecule has 0 amide bonds. The minimum atomic E-state index is -0.655. The quantitative estimate of drug-likeness (QED) is 0.276. The standard InChI is InChI=1S/C40H56O18/c1-5-51-37(41)29-25-34-30(38(42)52-6-2)26-33(29)55-21-17-47-13-9-45-11-15-49-19-23-57-35-27-32(40(44)54-8-4)36(28-31(35)39(43)53-7-3)58-24-20-50-16-12-46-10-14-48-18-22-56-34/h25-28H,5-24H2,1-4H3. The summed E-state index contributed by atoms with van der Waals surface area (Å²) in [6.45, 7) is 10.1. The van der Waals surface area contributed by atoms with E-state index >= 15 is 0 Å². The van der Waals surface area contributed by atoms with Gasteiger partial charge in [-0.05, 0) is 52.0 Å². The second-order valence-corrected chi connectivity index (χ2v) is 11.6. The van der Waals surface area contributed by atoms with Crippen LogP contribution in [0.1, 0.15) is 69.1 Å². The van der Waals surface area contributed by atoms with Crippen molar-refractivity contribution in [2.24, 2.45) is 0 Å². The molecule has 18 nitrogen and oxygen atoms in total. The van der Waals surface area contributed by atoms with Gasteiger partial charge in [-0.1, -0.05) is 0 Å². The van der Waals surface area contributed by atoms with E-state index in [9.17, 15) is 19.2 Å². The molecule has 4 heterocycles. The van der Waals surface area contributed by atoms with Gasteiger partial charge in [0.25, 0.3) is 0 Å². The number of carbonyl (C=O) groups excluding carboxylic acids is 4. The van der Waals surface area contributed by atoms with E-state index in [1.165, 1.54) is 24.3 Å². The van der Waals surface area contributed by atoms with Crippen LogP contribution in [0.4, 0.5) is 0 Å². The van der Waals surface area contributed by atoms with Crippen LogP contribution in [0.2, 0.25) is 0 Å². The molecule has 0 unspecified atom stereocenters. The van der Waals surface area contributed by atoms with Gasteiger partial charge >= 0.3 is 23.9 Å². The van der Waals surface area contributed by atoms with Crippen LogP contribution in [-0.4, -0.2) is 156 Å². The topological polar surface area (TPSA) is 197 Å². The lowest BCUT2D eigenvalue weighted by molar-refractivity contribution is 0.00436. The van der Waals surface area contributed by atoms with Gasteiger partial charge in [-0.25, -0.2) is 19.2 Å². The summed E-state index contributed by atoms with van der Waals surface area (Å²) in [5.41, 5.74) is 0.269. The lowest BCUT2D eigenvalue weighted by atomic mass is 10.1. The highest BCUT2D eigenvalue weighted by molar-refractivity contribution is 5.99. The Bertz CT molecular complexity index is 1320. The van der Waals surface area contributed by atoms with Gasteiger partial charge in [-0.2, -0.15) is 0 Å². The van der Waals surface area contributed by atoms with Gasteiger partial charge in [0.05, 0.1) is 106 Å². The number of hydrogen-bond acceptors (Lipinski definition) is 18. The molecule has 4 aliphatic rings. The molecule has 0 saturated heterocycles. The Kier molecular flexibility index (Phi) is 23.5. The highest BCUT2D eigenvalue weighted by Gasteiger charge is 2.25. The fraction of sp³-hybridized carbons (Fsp3) is 0.600. The molecular formula is C40H56O18. The van der Waals surface area contributed by atoms with Gasteiger partial charge in [-0.15, -0.1) is 0 Å². The normalized spacial score (nSPS) is 16.2. The predicted octanol–water partition coefficient (Wildman–Crippen LogP) is 3.72. The van der Waals surface area contributed by atoms with E-state index < -0.39 is 23.9 Å². The van der Waals surface area contributed by atoms with Crippen molar-refractivity contribution in [3.8, 4) is 23.0 Å². The maximum Gasteiger partial charge on any atom is 0.342 e. The van der Waals surface area contributed by atoms with Crippen LogP contribution in [0.5, 0.6) is 23.0 Å². The Morgan fingerprint density at radius 1 is 0.345 bits per heavy atom. The molecule has 2 aromatic carbocycles. The molecule has 0 radical (unpaired) electrons. The number of carbonyl (C=O) groups is 4. The zero-order chi connectivity index (χ0) is 41.8. The molecule has 4 aliphatic heterocycles. The monoisotopic (exact) mass is 824 g/mol. The van der Waals surface area contributed by atoms with E-state index in [1.807, 2.05) is 0 Å². The summed E-state index contributed by atoms with van der Waals surface area (Å²) in [5, 5.41) is 0. The summed E-state index contributed by atoms with van der Waals surface area (Å²) in [4.78, 5) is 51.5. The molecule has 58 heavy (non-hydrogen) atoms. The van der Waals surface area contributed by atoms with E-state index in [0.717, 1.165) is 0 Å². The van der Waals surface area contributed by atoms with Gasteiger partial charge < -0.3 is 66.3 Å². The first-order chi connectivity index (χ1) is 28.3. The average Bonchev–Trinajstić information content (AvgIpc) is 3.21. The van der Waals surface area contributed by atoms with Crippen LogP contribution in [0.15, 0.2) is 24.3 Å². The zero-order valence-corrected chi connectivity index (χ0v) is 33.8. The second-order valence-electron chi connectivity index (χ2n) is 11.6. The Morgan fingerprint density at radius 3 is 0.690 bits per heavy atom. The van der Waals surface area contributed by atoms with Gasteiger partial charge in [0.1, 0.15) is 71.7 Å². The largest absolute Gasteiger partial charge is 0.490 e. The maximum atomic E-state index is 12.9. The van der Waals surface area contributed by atoms with Gasteiger partial charge in [-0.3, -0.25) is 0 Å². The molecule has 6 rings (SSSR count). The first-order valence-electron chi connectivity index (χ1n) is 19.4. The molecular weight excluding hydrogens is 768 g/mol. The molecule has 324 valence electrons. The smallest absolute Gasteiger partial charge is 0.342 e. The highest BCUT2D eigenvalue weighted by atomic mass is 16.6. The third-order valence-corrected chi connectivity index (χ3v) is 7.57. The van der Waals surface area contributed by atoms with E-state index in [4.69, 9.17) is 66.3 Å². The molecule has 0 aromatic heterocycles. The van der Waals surface area contributed by atoms with Crippen molar-refractivity contribution in [2.75, 3.05) is 132 Å². The molecule has 0 N–H and O–H groups in total. The Balaban J connectivity index is 1.67. The molecule has 2 aromatic rings. The van der Waals surface area contributed by atoms with Crippen LogP contribution < -0.4 is 18.9 Å². The summed E-state index contributed by atoms with van der Waals surface area (Å²) in [7, 11) is 0. The van der Waals surface area contributed by atoms with Gasteiger partial charge in [0.2, 0.25) is 0 Å².